The van der Waals surface area contributed by atoms with Crippen molar-refractivity contribution in [3.05, 3.63) is 51.8 Å². The van der Waals surface area contributed by atoms with Crippen LogP contribution in [0.5, 0.6) is 0 Å². The zero-order valence-corrected chi connectivity index (χ0v) is 13.8. The summed E-state index contributed by atoms with van der Waals surface area (Å²) in [4.78, 5) is 11.9. The zero-order chi connectivity index (χ0) is 16.3. The molecule has 0 bridgehead atoms. The summed E-state index contributed by atoms with van der Waals surface area (Å²) in [5.74, 6) is -0.190. The van der Waals surface area contributed by atoms with Crippen molar-refractivity contribution in [3.63, 3.8) is 0 Å². The average Bonchev–Trinajstić information content (AvgIpc) is 2.71. The second-order valence-electron chi connectivity index (χ2n) is 5.69. The normalized spacial score (nSPS) is 11.1. The van der Waals surface area contributed by atoms with Gasteiger partial charge in [0.15, 0.2) is 0 Å². The van der Waals surface area contributed by atoms with E-state index in [2.05, 4.69) is 34.7 Å². The molecule has 22 heavy (non-hydrogen) atoms. The molecule has 1 amide bonds. The number of hydrogen-bond acceptors (Lipinski definition) is 3. The van der Waals surface area contributed by atoms with Gasteiger partial charge in [-0.3, -0.25) is 9.48 Å². The van der Waals surface area contributed by atoms with Crippen LogP contribution >= 0.6 is 0 Å². The molecule has 2 aromatic rings. The number of benzene rings is 1. The molecule has 5 heteroatoms. The highest BCUT2D eigenvalue weighted by molar-refractivity contribution is 5.85. The smallest absolute Gasteiger partial charge is 0.261 e. The minimum absolute atomic E-state index is 0.170. The van der Waals surface area contributed by atoms with Gasteiger partial charge in [-0.25, -0.2) is 5.43 Å². The summed E-state index contributed by atoms with van der Waals surface area (Å²) in [6.07, 6.45) is 1.70. The molecule has 116 valence electrons. The monoisotopic (exact) mass is 298 g/mol. The molecule has 1 heterocycles. The second-order valence-corrected chi connectivity index (χ2v) is 5.69. The highest BCUT2D eigenvalue weighted by atomic mass is 16.2. The molecule has 1 N–H and O–H groups in total. The Morgan fingerprint density at radius 1 is 1.18 bits per heavy atom. The fourth-order valence-electron chi connectivity index (χ4n) is 2.57. The molecule has 0 aliphatic heterocycles. The van der Waals surface area contributed by atoms with E-state index in [1.807, 2.05) is 33.8 Å². The highest BCUT2D eigenvalue weighted by Crippen LogP contribution is 2.14. The van der Waals surface area contributed by atoms with Crippen LogP contribution in [0.1, 0.15) is 33.6 Å². The maximum atomic E-state index is 11.9. The molecular weight excluding hydrogens is 276 g/mol. The van der Waals surface area contributed by atoms with E-state index in [0.717, 1.165) is 28.1 Å². The minimum atomic E-state index is -0.190. The molecule has 5 nitrogen and oxygen atoms in total. The Morgan fingerprint density at radius 3 is 2.36 bits per heavy atom. The predicted octanol–water partition coefficient (Wildman–Crippen LogP) is 2.58. The first-order chi connectivity index (χ1) is 10.4. The SMILES string of the molecule is Cc1cc(C)c(/C=N/NC(=O)Cn2nc(C)cc2C)c(C)c1. The quantitative estimate of drug-likeness (QED) is 0.696. The Morgan fingerprint density at radius 2 is 1.82 bits per heavy atom. The minimum Gasteiger partial charge on any atom is -0.271 e. The van der Waals surface area contributed by atoms with E-state index in [1.54, 1.807) is 10.9 Å². The Hall–Kier alpha value is -2.43. The summed E-state index contributed by atoms with van der Waals surface area (Å²) in [5, 5.41) is 8.32. The van der Waals surface area contributed by atoms with E-state index in [-0.39, 0.29) is 12.5 Å². The van der Waals surface area contributed by atoms with Crippen LogP contribution in [-0.4, -0.2) is 21.9 Å². The van der Waals surface area contributed by atoms with E-state index in [1.165, 1.54) is 5.56 Å². The van der Waals surface area contributed by atoms with Crippen LogP contribution < -0.4 is 5.43 Å². The van der Waals surface area contributed by atoms with Crippen LogP contribution in [0.15, 0.2) is 23.3 Å². The van der Waals surface area contributed by atoms with Crippen LogP contribution in [0.3, 0.4) is 0 Å². The van der Waals surface area contributed by atoms with Crippen LogP contribution in [0.2, 0.25) is 0 Å². The molecule has 1 aromatic carbocycles. The van der Waals surface area contributed by atoms with Crippen molar-refractivity contribution in [1.82, 2.24) is 15.2 Å². The topological polar surface area (TPSA) is 59.3 Å². The van der Waals surface area contributed by atoms with Gasteiger partial charge in [-0.05, 0) is 51.8 Å². The summed E-state index contributed by atoms with van der Waals surface area (Å²) in [5.41, 5.74) is 8.97. The molecule has 0 atom stereocenters. The third-order valence-corrected chi connectivity index (χ3v) is 3.52. The second kappa shape index (κ2) is 6.56. The van der Waals surface area contributed by atoms with E-state index in [4.69, 9.17) is 0 Å². The molecule has 0 spiro atoms. The van der Waals surface area contributed by atoms with Gasteiger partial charge < -0.3 is 0 Å². The molecule has 1 aromatic heterocycles. The molecule has 0 aliphatic carbocycles. The average molecular weight is 298 g/mol. The van der Waals surface area contributed by atoms with Gasteiger partial charge in [0, 0.05) is 11.3 Å². The van der Waals surface area contributed by atoms with Gasteiger partial charge in [0.25, 0.3) is 5.91 Å². The number of nitrogens with one attached hydrogen (secondary N) is 1. The largest absolute Gasteiger partial charge is 0.271 e. The van der Waals surface area contributed by atoms with Crippen LogP contribution in [0, 0.1) is 34.6 Å². The third-order valence-electron chi connectivity index (χ3n) is 3.52. The number of nitrogens with zero attached hydrogens (tertiary/aromatic N) is 3. The lowest BCUT2D eigenvalue weighted by Gasteiger charge is -2.07. The van der Waals surface area contributed by atoms with Gasteiger partial charge in [-0.1, -0.05) is 17.7 Å². The van der Waals surface area contributed by atoms with Crippen molar-refractivity contribution in [1.29, 1.82) is 0 Å². The standard InChI is InChI=1S/C17H22N4O/c1-11-6-12(2)16(13(3)7-11)9-18-19-17(22)10-21-15(5)8-14(4)20-21/h6-9H,10H2,1-5H3,(H,19,22)/b18-9+. The van der Waals surface area contributed by atoms with Crippen LogP contribution in [0.4, 0.5) is 0 Å². The summed E-state index contributed by atoms with van der Waals surface area (Å²) in [7, 11) is 0. The van der Waals surface area contributed by atoms with Gasteiger partial charge in [0.2, 0.25) is 0 Å². The summed E-state index contributed by atoms with van der Waals surface area (Å²) in [6.45, 7) is 10.1. The zero-order valence-electron chi connectivity index (χ0n) is 13.8. The van der Waals surface area contributed by atoms with Crippen molar-refractivity contribution in [3.8, 4) is 0 Å². The fourth-order valence-corrected chi connectivity index (χ4v) is 2.57. The van der Waals surface area contributed by atoms with Crippen molar-refractivity contribution < 1.29 is 4.79 Å². The van der Waals surface area contributed by atoms with Gasteiger partial charge in [-0.15, -0.1) is 0 Å². The molecule has 0 aliphatic rings. The van der Waals surface area contributed by atoms with Gasteiger partial charge in [-0.2, -0.15) is 10.2 Å². The number of hydrogen-bond donors (Lipinski definition) is 1. The van der Waals surface area contributed by atoms with Crippen LogP contribution in [0.25, 0.3) is 0 Å². The van der Waals surface area contributed by atoms with Crippen molar-refractivity contribution in [2.45, 2.75) is 41.2 Å². The number of rotatable bonds is 4. The Kier molecular flexibility index (Phi) is 4.75. The maximum Gasteiger partial charge on any atom is 0.261 e. The number of amides is 1. The first kappa shape index (κ1) is 15.9. The van der Waals surface area contributed by atoms with E-state index in [0.29, 0.717) is 0 Å². The van der Waals surface area contributed by atoms with Gasteiger partial charge in [0.05, 0.1) is 11.9 Å². The van der Waals surface area contributed by atoms with Gasteiger partial charge in [0.1, 0.15) is 6.54 Å². The Bertz CT molecular complexity index is 705. The maximum absolute atomic E-state index is 11.9. The molecule has 0 saturated carbocycles. The van der Waals surface area contributed by atoms with Crippen molar-refractivity contribution >= 4 is 12.1 Å². The summed E-state index contributed by atoms with van der Waals surface area (Å²) in [6, 6.07) is 6.15. The molecule has 0 fully saturated rings. The van der Waals surface area contributed by atoms with E-state index < -0.39 is 0 Å². The molecular formula is C17H22N4O. The van der Waals surface area contributed by atoms with Crippen molar-refractivity contribution in [2.24, 2.45) is 5.10 Å². The van der Waals surface area contributed by atoms with E-state index in [9.17, 15) is 4.79 Å². The van der Waals surface area contributed by atoms with E-state index >= 15 is 0 Å². The first-order valence-corrected chi connectivity index (χ1v) is 7.27. The summed E-state index contributed by atoms with van der Waals surface area (Å²) < 4.78 is 1.67. The number of carbonyl (C=O) groups excluding carboxylic acids is 1. The number of aromatic nitrogens is 2. The Labute approximate surface area is 131 Å². The lowest BCUT2D eigenvalue weighted by atomic mass is 10.0. The molecule has 0 saturated heterocycles. The van der Waals surface area contributed by atoms with Crippen molar-refractivity contribution in [2.75, 3.05) is 0 Å². The first-order valence-electron chi connectivity index (χ1n) is 7.27. The molecule has 0 radical (unpaired) electrons. The highest BCUT2D eigenvalue weighted by Gasteiger charge is 2.06. The summed E-state index contributed by atoms with van der Waals surface area (Å²) >= 11 is 0. The fraction of sp³-hybridized carbons (Fsp3) is 0.353. The molecule has 2 rings (SSSR count). The number of hydrazone groups is 1. The predicted molar refractivity (Wildman–Crippen MR) is 88.1 cm³/mol. The lowest BCUT2D eigenvalue weighted by Crippen LogP contribution is -2.24. The lowest BCUT2D eigenvalue weighted by molar-refractivity contribution is -0.121. The number of carbonyl (C=O) groups is 1. The van der Waals surface area contributed by atoms with Gasteiger partial charge >= 0.3 is 0 Å². The molecule has 0 unspecified atom stereocenters. The van der Waals surface area contributed by atoms with Crippen LogP contribution in [-0.2, 0) is 11.3 Å². The number of aryl methyl sites for hydroxylation is 5. The Balaban J connectivity index is 2.01. The third kappa shape index (κ3) is 3.81.